The van der Waals surface area contributed by atoms with Gasteiger partial charge < -0.3 is 20.3 Å². The number of aliphatic hydroxyl groups is 2. The molecule has 0 aliphatic rings. The summed E-state index contributed by atoms with van der Waals surface area (Å²) in [7, 11) is 0. The van der Waals surface area contributed by atoms with Gasteiger partial charge in [-0.3, -0.25) is 9.59 Å². The molecule has 0 heterocycles. The molecule has 340 valence electrons. The number of aliphatic hydroxyl groups excluding tert-OH is 2. The van der Waals surface area contributed by atoms with Gasteiger partial charge in [0.25, 0.3) is 0 Å². The highest BCUT2D eigenvalue weighted by molar-refractivity contribution is 5.77. The molecule has 0 aromatic heterocycles. The molecule has 6 heteroatoms. The molecule has 57 heavy (non-hydrogen) atoms. The third-order valence-corrected chi connectivity index (χ3v) is 12.2. The van der Waals surface area contributed by atoms with Crippen molar-refractivity contribution in [2.75, 3.05) is 6.61 Å². The summed E-state index contributed by atoms with van der Waals surface area (Å²) in [6.07, 6.45) is 48.8. The highest BCUT2D eigenvalue weighted by Crippen LogP contribution is 2.19. The Morgan fingerprint density at radius 2 is 0.737 bits per heavy atom. The normalized spacial score (nSPS) is 13.1. The minimum absolute atomic E-state index is 0.0871. The average Bonchev–Trinajstić information content (AvgIpc) is 3.20. The van der Waals surface area contributed by atoms with Crippen LogP contribution in [0.2, 0.25) is 0 Å². The van der Waals surface area contributed by atoms with Crippen LogP contribution in [0.4, 0.5) is 0 Å². The van der Waals surface area contributed by atoms with Crippen molar-refractivity contribution < 1.29 is 24.5 Å². The molecule has 3 N–H and O–H groups in total. The van der Waals surface area contributed by atoms with Gasteiger partial charge in [-0.05, 0) is 25.7 Å². The fourth-order valence-corrected chi connectivity index (χ4v) is 8.26. The fourth-order valence-electron chi connectivity index (χ4n) is 8.26. The van der Waals surface area contributed by atoms with E-state index in [4.69, 9.17) is 4.74 Å². The Kier molecular flexibility index (Phi) is 45.0. The van der Waals surface area contributed by atoms with Crippen molar-refractivity contribution in [1.82, 2.24) is 5.32 Å². The Balaban J connectivity index is 4.40. The first-order chi connectivity index (χ1) is 28.0. The Morgan fingerprint density at radius 1 is 0.439 bits per heavy atom. The van der Waals surface area contributed by atoms with Gasteiger partial charge in [-0.2, -0.15) is 0 Å². The summed E-state index contributed by atoms with van der Waals surface area (Å²) in [5.41, 5.74) is 0. The lowest BCUT2D eigenvalue weighted by Gasteiger charge is -2.24. The SMILES string of the molecule is CCCCCCCCCCCCCCCCCCCCC(=O)OC(CCCCCCCCCCCC)CC(=O)NC(CO)C(O)CCCCCCCCCCCC. The molecule has 0 radical (unpaired) electrons. The van der Waals surface area contributed by atoms with Gasteiger partial charge in [0.15, 0.2) is 0 Å². The zero-order valence-corrected chi connectivity index (χ0v) is 38.8. The summed E-state index contributed by atoms with van der Waals surface area (Å²) in [4.78, 5) is 26.1. The van der Waals surface area contributed by atoms with E-state index in [9.17, 15) is 19.8 Å². The first-order valence-electron chi connectivity index (χ1n) is 25.8. The molecule has 0 saturated heterocycles. The summed E-state index contributed by atoms with van der Waals surface area (Å²) >= 11 is 0. The number of carbonyl (C=O) groups is 2. The molecule has 0 saturated carbocycles. The van der Waals surface area contributed by atoms with Crippen molar-refractivity contribution in [1.29, 1.82) is 0 Å². The first kappa shape index (κ1) is 55.9. The second-order valence-corrected chi connectivity index (χ2v) is 17.9. The lowest BCUT2D eigenvalue weighted by atomic mass is 10.0. The maximum Gasteiger partial charge on any atom is 0.306 e. The van der Waals surface area contributed by atoms with Crippen LogP contribution in [0.25, 0.3) is 0 Å². The second kappa shape index (κ2) is 45.9. The summed E-state index contributed by atoms with van der Waals surface area (Å²) in [6.45, 7) is 6.49. The van der Waals surface area contributed by atoms with Crippen LogP contribution >= 0.6 is 0 Å². The fraction of sp³-hybridized carbons (Fsp3) is 0.961. The number of hydrogen-bond donors (Lipinski definition) is 3. The van der Waals surface area contributed by atoms with Gasteiger partial charge in [0.05, 0.1) is 25.2 Å². The number of ether oxygens (including phenoxy) is 1. The van der Waals surface area contributed by atoms with Crippen LogP contribution in [0.15, 0.2) is 0 Å². The monoisotopic (exact) mass is 808 g/mol. The maximum atomic E-state index is 13.1. The summed E-state index contributed by atoms with van der Waals surface area (Å²) in [5, 5.41) is 23.7. The number of amides is 1. The largest absolute Gasteiger partial charge is 0.462 e. The van der Waals surface area contributed by atoms with Gasteiger partial charge in [-0.1, -0.05) is 252 Å². The molecule has 0 aliphatic carbocycles. The first-order valence-corrected chi connectivity index (χ1v) is 25.8. The number of unbranched alkanes of at least 4 members (excludes halogenated alkanes) is 35. The van der Waals surface area contributed by atoms with Crippen LogP contribution in [0.5, 0.6) is 0 Å². The molecule has 0 fully saturated rings. The van der Waals surface area contributed by atoms with E-state index in [-0.39, 0.29) is 24.9 Å². The number of carbonyl (C=O) groups excluding carboxylic acids is 2. The van der Waals surface area contributed by atoms with Crippen molar-refractivity contribution in [3.63, 3.8) is 0 Å². The topological polar surface area (TPSA) is 95.9 Å². The lowest BCUT2D eigenvalue weighted by Crippen LogP contribution is -2.46. The van der Waals surface area contributed by atoms with E-state index in [1.165, 1.54) is 205 Å². The van der Waals surface area contributed by atoms with Crippen molar-refractivity contribution >= 4 is 11.9 Å². The quantitative estimate of drug-likeness (QED) is 0.0420. The molecule has 3 unspecified atom stereocenters. The lowest BCUT2D eigenvalue weighted by molar-refractivity contribution is -0.151. The highest BCUT2D eigenvalue weighted by atomic mass is 16.5. The predicted molar refractivity (Wildman–Crippen MR) is 246 cm³/mol. The molecule has 0 spiro atoms. The number of rotatable bonds is 47. The van der Waals surface area contributed by atoms with Gasteiger partial charge in [0.1, 0.15) is 6.10 Å². The minimum atomic E-state index is -0.777. The van der Waals surface area contributed by atoms with Crippen LogP contribution < -0.4 is 5.32 Å². The molecule has 0 rings (SSSR count). The molecule has 0 aromatic carbocycles. The number of esters is 1. The van der Waals surface area contributed by atoms with Gasteiger partial charge in [-0.25, -0.2) is 0 Å². The van der Waals surface area contributed by atoms with Crippen LogP contribution in [0, 0.1) is 0 Å². The second-order valence-electron chi connectivity index (χ2n) is 17.9. The third kappa shape index (κ3) is 41.4. The number of nitrogens with one attached hydrogen (secondary N) is 1. The molecule has 0 aliphatic heterocycles. The Bertz CT molecular complexity index is 821. The van der Waals surface area contributed by atoms with Crippen LogP contribution in [0.3, 0.4) is 0 Å². The van der Waals surface area contributed by atoms with E-state index in [1.54, 1.807) is 0 Å². The van der Waals surface area contributed by atoms with Gasteiger partial charge >= 0.3 is 5.97 Å². The zero-order valence-electron chi connectivity index (χ0n) is 38.8. The van der Waals surface area contributed by atoms with E-state index in [2.05, 4.69) is 26.1 Å². The van der Waals surface area contributed by atoms with E-state index < -0.39 is 18.2 Å². The van der Waals surface area contributed by atoms with E-state index in [1.807, 2.05) is 0 Å². The highest BCUT2D eigenvalue weighted by Gasteiger charge is 2.24. The Labute approximate surface area is 356 Å². The Morgan fingerprint density at radius 3 is 1.07 bits per heavy atom. The zero-order chi connectivity index (χ0) is 41.7. The van der Waals surface area contributed by atoms with E-state index in [0.29, 0.717) is 19.3 Å². The minimum Gasteiger partial charge on any atom is -0.462 e. The van der Waals surface area contributed by atoms with Crippen molar-refractivity contribution in [2.45, 2.75) is 309 Å². The molecule has 0 aromatic rings. The summed E-state index contributed by atoms with van der Waals surface area (Å²) in [5.74, 6) is -0.453. The standard InChI is InChI=1S/C51H101NO5/c1-4-7-10-13-16-19-22-23-24-25-26-27-28-29-32-35-38-41-44-51(56)57-47(42-39-36-33-30-20-17-14-11-8-5-2)45-50(55)52-48(46-53)49(54)43-40-37-34-31-21-18-15-12-9-6-3/h47-49,53-54H,4-46H2,1-3H3,(H,52,55). The molecule has 6 nitrogen and oxygen atoms in total. The summed E-state index contributed by atoms with van der Waals surface area (Å²) in [6, 6.07) is -0.690. The van der Waals surface area contributed by atoms with E-state index >= 15 is 0 Å². The molecule has 3 atom stereocenters. The number of hydrogen-bond acceptors (Lipinski definition) is 5. The molecular weight excluding hydrogens is 707 g/mol. The van der Waals surface area contributed by atoms with Crippen LogP contribution in [0.1, 0.15) is 290 Å². The van der Waals surface area contributed by atoms with Crippen molar-refractivity contribution in [2.24, 2.45) is 0 Å². The smallest absolute Gasteiger partial charge is 0.306 e. The van der Waals surface area contributed by atoms with Crippen LogP contribution in [-0.4, -0.2) is 46.9 Å². The van der Waals surface area contributed by atoms with E-state index in [0.717, 1.165) is 38.5 Å². The summed E-state index contributed by atoms with van der Waals surface area (Å²) < 4.78 is 5.93. The third-order valence-electron chi connectivity index (χ3n) is 12.2. The molecule has 0 bridgehead atoms. The maximum absolute atomic E-state index is 13.1. The van der Waals surface area contributed by atoms with Gasteiger partial charge in [0.2, 0.25) is 5.91 Å². The van der Waals surface area contributed by atoms with Crippen molar-refractivity contribution in [3.05, 3.63) is 0 Å². The van der Waals surface area contributed by atoms with Crippen LogP contribution in [-0.2, 0) is 14.3 Å². The predicted octanol–water partition coefficient (Wildman–Crippen LogP) is 15.2. The van der Waals surface area contributed by atoms with Gasteiger partial charge in [0, 0.05) is 6.42 Å². The Hall–Kier alpha value is -1.14. The van der Waals surface area contributed by atoms with Gasteiger partial charge in [-0.15, -0.1) is 0 Å². The average molecular weight is 808 g/mol. The molecule has 1 amide bonds. The molecular formula is C51H101NO5. The van der Waals surface area contributed by atoms with Crippen molar-refractivity contribution in [3.8, 4) is 0 Å².